The topological polar surface area (TPSA) is 60.0 Å². The van der Waals surface area contributed by atoms with Crippen molar-refractivity contribution in [2.45, 2.75) is 26.4 Å². The third kappa shape index (κ3) is 6.06. The summed E-state index contributed by atoms with van der Waals surface area (Å²) in [6.07, 6.45) is 1.04. The van der Waals surface area contributed by atoms with Gasteiger partial charge in [-0.1, -0.05) is 36.4 Å². The summed E-state index contributed by atoms with van der Waals surface area (Å²) in [5.74, 6) is 0.917. The van der Waals surface area contributed by atoms with Gasteiger partial charge in [-0.2, -0.15) is 0 Å². The monoisotopic (exact) mass is 393 g/mol. The number of amides is 1. The molecule has 0 spiro atoms. The van der Waals surface area contributed by atoms with Gasteiger partial charge in [-0.3, -0.25) is 4.79 Å². The Labute approximate surface area is 173 Å². The molecular formula is C23H31N5O. The number of hydrogen-bond donors (Lipinski definition) is 2. The van der Waals surface area contributed by atoms with Crippen LogP contribution in [0.25, 0.3) is 0 Å². The van der Waals surface area contributed by atoms with Gasteiger partial charge in [-0.15, -0.1) is 0 Å². The summed E-state index contributed by atoms with van der Waals surface area (Å²) in [6, 6.07) is 16.5. The van der Waals surface area contributed by atoms with E-state index in [1.54, 1.807) is 0 Å². The Morgan fingerprint density at radius 3 is 2.69 bits per heavy atom. The first-order valence-electron chi connectivity index (χ1n) is 10.2. The molecule has 0 atom stereocenters. The number of nitrogens with zero attached hydrogens (tertiary/aromatic N) is 3. The van der Waals surface area contributed by atoms with E-state index in [9.17, 15) is 4.79 Å². The van der Waals surface area contributed by atoms with Crippen molar-refractivity contribution >= 4 is 17.6 Å². The summed E-state index contributed by atoms with van der Waals surface area (Å²) in [7, 11) is 3.76. The van der Waals surface area contributed by atoms with Crippen LogP contribution in [0.2, 0.25) is 0 Å². The van der Waals surface area contributed by atoms with E-state index in [4.69, 9.17) is 4.99 Å². The molecule has 2 N–H and O–H groups in total. The van der Waals surface area contributed by atoms with Gasteiger partial charge in [0.2, 0.25) is 5.91 Å². The Morgan fingerprint density at radius 1 is 1.14 bits per heavy atom. The van der Waals surface area contributed by atoms with Gasteiger partial charge in [0.25, 0.3) is 0 Å². The van der Waals surface area contributed by atoms with E-state index in [0.717, 1.165) is 43.3 Å². The molecule has 0 aliphatic carbocycles. The fraction of sp³-hybridized carbons (Fsp3) is 0.391. The molecule has 0 fully saturated rings. The summed E-state index contributed by atoms with van der Waals surface area (Å²) in [5, 5.41) is 6.37. The molecule has 1 amide bonds. The van der Waals surface area contributed by atoms with Gasteiger partial charge in [0.1, 0.15) is 0 Å². The maximum Gasteiger partial charge on any atom is 0.238 e. The highest BCUT2D eigenvalue weighted by Crippen LogP contribution is 2.19. The minimum atomic E-state index is -0.0176. The van der Waals surface area contributed by atoms with E-state index in [-0.39, 0.29) is 5.91 Å². The minimum absolute atomic E-state index is 0.0176. The largest absolute Gasteiger partial charge is 0.356 e. The number of fused-ring (bicyclic) bond motifs is 1. The van der Waals surface area contributed by atoms with Crippen LogP contribution in [0.15, 0.2) is 53.5 Å². The number of aliphatic imine (C=N–C) groups is 1. The molecule has 6 heteroatoms. The van der Waals surface area contributed by atoms with E-state index in [1.807, 2.05) is 43.3 Å². The Bertz CT molecular complexity index is 862. The number of nitrogens with one attached hydrogen (secondary N) is 2. The van der Waals surface area contributed by atoms with E-state index in [1.165, 1.54) is 11.1 Å². The Morgan fingerprint density at radius 2 is 1.93 bits per heavy atom. The molecule has 0 saturated heterocycles. The highest BCUT2D eigenvalue weighted by molar-refractivity contribution is 5.92. The molecular weight excluding hydrogens is 362 g/mol. The van der Waals surface area contributed by atoms with Crippen molar-refractivity contribution in [1.82, 2.24) is 15.1 Å². The Balaban J connectivity index is 1.68. The Kier molecular flexibility index (Phi) is 7.25. The van der Waals surface area contributed by atoms with Crippen LogP contribution in [0.1, 0.15) is 23.6 Å². The lowest BCUT2D eigenvalue weighted by atomic mass is 10.0. The van der Waals surface area contributed by atoms with Crippen LogP contribution in [0.3, 0.4) is 0 Å². The van der Waals surface area contributed by atoms with Gasteiger partial charge in [-0.05, 0) is 56.3 Å². The number of hydrogen-bond acceptors (Lipinski definition) is 3. The molecule has 0 aromatic heterocycles. The molecule has 1 aliphatic rings. The summed E-state index contributed by atoms with van der Waals surface area (Å²) < 4.78 is 0. The van der Waals surface area contributed by atoms with E-state index < -0.39 is 0 Å². The van der Waals surface area contributed by atoms with Gasteiger partial charge in [0, 0.05) is 25.3 Å². The lowest BCUT2D eigenvalue weighted by Crippen LogP contribution is -2.44. The van der Waals surface area contributed by atoms with Crippen molar-refractivity contribution in [2.24, 2.45) is 4.99 Å². The zero-order valence-corrected chi connectivity index (χ0v) is 17.6. The Hall–Kier alpha value is -2.86. The van der Waals surface area contributed by atoms with Crippen LogP contribution in [0.5, 0.6) is 0 Å². The SMILES string of the molecule is CCNC(=NCc1cccc(NC(=O)CN(C)C)c1)N1CCc2ccccc2C1. The lowest BCUT2D eigenvalue weighted by Gasteiger charge is -2.31. The summed E-state index contributed by atoms with van der Waals surface area (Å²) in [5.41, 5.74) is 4.68. The highest BCUT2D eigenvalue weighted by atomic mass is 16.2. The van der Waals surface area contributed by atoms with Crippen LogP contribution in [-0.2, 0) is 24.3 Å². The normalized spacial score (nSPS) is 13.9. The molecule has 0 bridgehead atoms. The summed E-state index contributed by atoms with van der Waals surface area (Å²) >= 11 is 0. The van der Waals surface area contributed by atoms with Crippen molar-refractivity contribution in [2.75, 3.05) is 39.0 Å². The number of rotatable bonds is 6. The smallest absolute Gasteiger partial charge is 0.238 e. The molecule has 3 rings (SSSR count). The maximum absolute atomic E-state index is 12.0. The molecule has 29 heavy (non-hydrogen) atoms. The second-order valence-corrected chi connectivity index (χ2v) is 7.60. The third-order valence-corrected chi connectivity index (χ3v) is 4.85. The molecule has 6 nitrogen and oxygen atoms in total. The van der Waals surface area contributed by atoms with Gasteiger partial charge in [0.15, 0.2) is 5.96 Å². The lowest BCUT2D eigenvalue weighted by molar-refractivity contribution is -0.116. The zero-order valence-electron chi connectivity index (χ0n) is 17.6. The van der Waals surface area contributed by atoms with Gasteiger partial charge in [0.05, 0.1) is 13.1 Å². The van der Waals surface area contributed by atoms with Crippen LogP contribution < -0.4 is 10.6 Å². The molecule has 0 unspecified atom stereocenters. The van der Waals surface area contributed by atoms with Crippen molar-refractivity contribution in [3.8, 4) is 0 Å². The predicted molar refractivity (Wildman–Crippen MR) is 119 cm³/mol. The molecule has 2 aromatic carbocycles. The quantitative estimate of drug-likeness (QED) is 0.585. The van der Waals surface area contributed by atoms with Crippen LogP contribution in [-0.4, -0.2) is 55.4 Å². The summed E-state index contributed by atoms with van der Waals surface area (Å²) in [6.45, 7) is 5.69. The number of carbonyl (C=O) groups excluding carboxylic acids is 1. The average molecular weight is 394 g/mol. The van der Waals surface area contributed by atoms with Gasteiger partial charge < -0.3 is 20.4 Å². The highest BCUT2D eigenvalue weighted by Gasteiger charge is 2.18. The fourth-order valence-electron chi connectivity index (χ4n) is 3.50. The van der Waals surface area contributed by atoms with Crippen LogP contribution >= 0.6 is 0 Å². The first kappa shape index (κ1) is 20.9. The standard InChI is InChI=1S/C23H31N5O/c1-4-24-23(28-13-12-19-9-5-6-10-20(19)16-28)25-15-18-8-7-11-21(14-18)26-22(29)17-27(2)3/h5-11,14H,4,12-13,15-17H2,1-3H3,(H,24,25)(H,26,29). The molecule has 2 aromatic rings. The number of guanidine groups is 1. The van der Waals surface area contributed by atoms with Gasteiger partial charge in [-0.25, -0.2) is 4.99 Å². The van der Waals surface area contributed by atoms with Crippen LogP contribution in [0, 0.1) is 0 Å². The van der Waals surface area contributed by atoms with E-state index in [2.05, 4.69) is 46.7 Å². The zero-order chi connectivity index (χ0) is 20.6. The van der Waals surface area contributed by atoms with E-state index >= 15 is 0 Å². The number of anilines is 1. The maximum atomic E-state index is 12.0. The third-order valence-electron chi connectivity index (χ3n) is 4.85. The average Bonchev–Trinajstić information content (AvgIpc) is 2.70. The van der Waals surface area contributed by atoms with Crippen molar-refractivity contribution < 1.29 is 4.79 Å². The second kappa shape index (κ2) is 10.1. The molecule has 154 valence electrons. The molecule has 1 heterocycles. The molecule has 0 radical (unpaired) electrons. The van der Waals surface area contributed by atoms with Crippen LogP contribution in [0.4, 0.5) is 5.69 Å². The molecule has 0 saturated carbocycles. The first-order valence-corrected chi connectivity index (χ1v) is 10.2. The first-order chi connectivity index (χ1) is 14.0. The number of likely N-dealkylation sites (N-methyl/N-ethyl adjacent to an activating group) is 1. The number of carbonyl (C=O) groups is 1. The second-order valence-electron chi connectivity index (χ2n) is 7.60. The number of benzene rings is 2. The predicted octanol–water partition coefficient (Wildman–Crippen LogP) is 2.71. The van der Waals surface area contributed by atoms with Crippen molar-refractivity contribution in [1.29, 1.82) is 0 Å². The van der Waals surface area contributed by atoms with Gasteiger partial charge >= 0.3 is 0 Å². The summed E-state index contributed by atoms with van der Waals surface area (Å²) in [4.78, 5) is 21.0. The van der Waals surface area contributed by atoms with E-state index in [0.29, 0.717) is 13.1 Å². The molecule has 1 aliphatic heterocycles. The van der Waals surface area contributed by atoms with Crippen molar-refractivity contribution in [3.05, 3.63) is 65.2 Å². The minimum Gasteiger partial charge on any atom is -0.356 e. The fourth-order valence-corrected chi connectivity index (χ4v) is 3.50. The van der Waals surface area contributed by atoms with Crippen molar-refractivity contribution in [3.63, 3.8) is 0 Å².